The lowest BCUT2D eigenvalue weighted by atomic mass is 10.1. The molecule has 0 spiro atoms. The predicted octanol–water partition coefficient (Wildman–Crippen LogP) is 4.60. The highest BCUT2D eigenvalue weighted by Crippen LogP contribution is 2.27. The highest BCUT2D eigenvalue weighted by molar-refractivity contribution is 7.80. The number of fused-ring (bicyclic) bond motifs is 1. The van der Waals surface area contributed by atoms with Crippen LogP contribution in [0, 0.1) is 13.8 Å². The van der Waals surface area contributed by atoms with Gasteiger partial charge in [0, 0.05) is 55.5 Å². The molecule has 3 aromatic rings. The van der Waals surface area contributed by atoms with Gasteiger partial charge in [-0.15, -0.1) is 0 Å². The SMILES string of the molecule is Cc1cccc(N2CCN(C(=S)Nc3ccc4nc(N5CCOCC5)cc(C)c4c3)C[C@H]2C)c1. The van der Waals surface area contributed by atoms with E-state index in [1.165, 1.54) is 16.8 Å². The summed E-state index contributed by atoms with van der Waals surface area (Å²) < 4.78 is 5.48. The highest BCUT2D eigenvalue weighted by atomic mass is 32.1. The van der Waals surface area contributed by atoms with E-state index >= 15 is 0 Å². The van der Waals surface area contributed by atoms with Gasteiger partial charge in [-0.3, -0.25) is 0 Å². The number of benzene rings is 2. The van der Waals surface area contributed by atoms with Crippen molar-refractivity contribution in [2.75, 3.05) is 61.1 Å². The Morgan fingerprint density at radius 1 is 1.03 bits per heavy atom. The van der Waals surface area contributed by atoms with Crippen LogP contribution in [0.25, 0.3) is 10.9 Å². The van der Waals surface area contributed by atoms with Gasteiger partial charge in [0.05, 0.1) is 18.7 Å². The molecule has 2 aliphatic rings. The number of thiocarbonyl (C=S) groups is 1. The first-order valence-corrected chi connectivity index (χ1v) is 12.5. The van der Waals surface area contributed by atoms with Crippen molar-refractivity contribution in [3.63, 3.8) is 0 Å². The van der Waals surface area contributed by atoms with Crippen molar-refractivity contribution in [1.29, 1.82) is 0 Å². The van der Waals surface area contributed by atoms with E-state index < -0.39 is 0 Å². The monoisotopic (exact) mass is 475 g/mol. The smallest absolute Gasteiger partial charge is 0.173 e. The summed E-state index contributed by atoms with van der Waals surface area (Å²) in [5, 5.41) is 5.42. The van der Waals surface area contributed by atoms with Crippen LogP contribution in [0.5, 0.6) is 0 Å². The molecule has 0 amide bonds. The quantitative estimate of drug-likeness (QED) is 0.556. The highest BCUT2D eigenvalue weighted by Gasteiger charge is 2.25. The minimum absolute atomic E-state index is 0.386. The molecule has 7 heteroatoms. The first-order valence-electron chi connectivity index (χ1n) is 12.1. The predicted molar refractivity (Wildman–Crippen MR) is 145 cm³/mol. The summed E-state index contributed by atoms with van der Waals surface area (Å²) in [4.78, 5) is 12.0. The van der Waals surface area contributed by atoms with Crippen molar-refractivity contribution in [2.24, 2.45) is 0 Å². The van der Waals surface area contributed by atoms with Gasteiger partial charge in [-0.1, -0.05) is 12.1 Å². The van der Waals surface area contributed by atoms with Crippen molar-refractivity contribution in [2.45, 2.75) is 26.8 Å². The number of nitrogens with one attached hydrogen (secondary N) is 1. The molecule has 1 N–H and O–H groups in total. The first-order chi connectivity index (χ1) is 16.5. The molecule has 0 aliphatic carbocycles. The Morgan fingerprint density at radius 3 is 2.62 bits per heavy atom. The lowest BCUT2D eigenvalue weighted by Gasteiger charge is -2.42. The number of aryl methyl sites for hydroxylation is 2. The molecular formula is C27H33N5OS. The van der Waals surface area contributed by atoms with E-state index in [4.69, 9.17) is 21.9 Å². The molecule has 2 aromatic carbocycles. The van der Waals surface area contributed by atoms with Crippen LogP contribution in [0.1, 0.15) is 18.1 Å². The lowest BCUT2D eigenvalue weighted by Crippen LogP contribution is -2.54. The second-order valence-corrected chi connectivity index (χ2v) is 9.77. The third-order valence-corrected chi connectivity index (χ3v) is 7.20. The second kappa shape index (κ2) is 9.76. The molecule has 6 nitrogen and oxygen atoms in total. The normalized spacial score (nSPS) is 18.9. The Kier molecular flexibility index (Phi) is 6.57. The standard InChI is InChI=1S/C27H33N5OS/c1-19-5-4-6-23(15-19)32-10-9-31(18-21(32)3)27(34)28-22-7-8-25-24(17-22)20(2)16-26(29-25)30-11-13-33-14-12-30/h4-8,15-17,21H,9-14,18H2,1-3H3,(H,28,34)/t21-/m1/s1. The molecule has 3 heterocycles. The van der Waals surface area contributed by atoms with Gasteiger partial charge < -0.3 is 24.8 Å². The van der Waals surface area contributed by atoms with E-state index in [2.05, 4.69) is 89.3 Å². The van der Waals surface area contributed by atoms with E-state index in [1.807, 2.05) is 0 Å². The molecule has 178 valence electrons. The molecule has 34 heavy (non-hydrogen) atoms. The maximum absolute atomic E-state index is 5.81. The topological polar surface area (TPSA) is 43.9 Å². The van der Waals surface area contributed by atoms with Gasteiger partial charge in [-0.2, -0.15) is 0 Å². The van der Waals surface area contributed by atoms with E-state index in [-0.39, 0.29) is 0 Å². The van der Waals surface area contributed by atoms with Gasteiger partial charge in [0.2, 0.25) is 0 Å². The number of nitrogens with zero attached hydrogens (tertiary/aromatic N) is 4. The number of hydrogen-bond donors (Lipinski definition) is 1. The van der Waals surface area contributed by atoms with Gasteiger partial charge >= 0.3 is 0 Å². The summed E-state index contributed by atoms with van der Waals surface area (Å²) in [5.74, 6) is 1.03. The number of hydrogen-bond acceptors (Lipinski definition) is 5. The summed E-state index contributed by atoms with van der Waals surface area (Å²) in [5.41, 5.74) is 5.83. The van der Waals surface area contributed by atoms with E-state index in [0.717, 1.165) is 73.5 Å². The van der Waals surface area contributed by atoms with E-state index in [0.29, 0.717) is 6.04 Å². The summed E-state index contributed by atoms with van der Waals surface area (Å²) in [6, 6.07) is 17.7. The number of piperazine rings is 1. The molecule has 0 radical (unpaired) electrons. The molecule has 0 unspecified atom stereocenters. The third-order valence-electron chi connectivity index (χ3n) is 6.84. The molecule has 0 bridgehead atoms. The van der Waals surface area contributed by atoms with E-state index in [1.54, 1.807) is 0 Å². The minimum atomic E-state index is 0.386. The van der Waals surface area contributed by atoms with Crippen LogP contribution < -0.4 is 15.1 Å². The fraction of sp³-hybridized carbons (Fsp3) is 0.407. The van der Waals surface area contributed by atoms with Crippen molar-refractivity contribution < 1.29 is 4.74 Å². The van der Waals surface area contributed by atoms with Gasteiger partial charge in [0.1, 0.15) is 5.82 Å². The number of pyridine rings is 1. The summed E-state index contributed by atoms with van der Waals surface area (Å²) in [6.07, 6.45) is 0. The Morgan fingerprint density at radius 2 is 1.85 bits per heavy atom. The average Bonchev–Trinajstić information content (AvgIpc) is 2.84. The van der Waals surface area contributed by atoms with Crippen LogP contribution in [-0.4, -0.2) is 67.0 Å². The molecule has 1 atom stereocenters. The molecule has 1 aromatic heterocycles. The zero-order chi connectivity index (χ0) is 23.7. The molecule has 2 fully saturated rings. The number of ether oxygens (including phenoxy) is 1. The maximum atomic E-state index is 5.81. The van der Waals surface area contributed by atoms with Gasteiger partial charge in [-0.25, -0.2) is 4.98 Å². The summed E-state index contributed by atoms with van der Waals surface area (Å²) >= 11 is 5.81. The Hall–Kier alpha value is -2.90. The molecule has 2 saturated heterocycles. The Labute approximate surface area is 207 Å². The number of morpholine rings is 1. The second-order valence-electron chi connectivity index (χ2n) is 9.39. The maximum Gasteiger partial charge on any atom is 0.173 e. The summed E-state index contributed by atoms with van der Waals surface area (Å²) in [6.45, 7) is 12.6. The van der Waals surface area contributed by atoms with Crippen molar-refractivity contribution in [3.8, 4) is 0 Å². The van der Waals surface area contributed by atoms with Crippen LogP contribution in [0.15, 0.2) is 48.5 Å². The Bertz CT molecular complexity index is 1190. The van der Waals surface area contributed by atoms with Crippen molar-refractivity contribution in [3.05, 3.63) is 59.7 Å². The van der Waals surface area contributed by atoms with Gasteiger partial charge in [-0.05, 0) is 80.5 Å². The first kappa shape index (κ1) is 22.9. The fourth-order valence-corrected chi connectivity index (χ4v) is 5.23. The number of aromatic nitrogens is 1. The van der Waals surface area contributed by atoms with Crippen molar-refractivity contribution in [1.82, 2.24) is 9.88 Å². The number of rotatable bonds is 3. The third kappa shape index (κ3) is 4.81. The van der Waals surface area contributed by atoms with E-state index in [9.17, 15) is 0 Å². The van der Waals surface area contributed by atoms with Crippen molar-refractivity contribution >= 4 is 45.4 Å². The van der Waals surface area contributed by atoms with Gasteiger partial charge in [0.15, 0.2) is 5.11 Å². The van der Waals surface area contributed by atoms with Crippen LogP contribution in [-0.2, 0) is 4.74 Å². The Balaban J connectivity index is 1.26. The molecule has 0 saturated carbocycles. The molecule has 5 rings (SSSR count). The van der Waals surface area contributed by atoms with Crippen LogP contribution in [0.3, 0.4) is 0 Å². The fourth-order valence-electron chi connectivity index (χ4n) is 4.94. The summed E-state index contributed by atoms with van der Waals surface area (Å²) in [7, 11) is 0. The zero-order valence-electron chi connectivity index (χ0n) is 20.3. The van der Waals surface area contributed by atoms with Crippen LogP contribution >= 0.6 is 12.2 Å². The van der Waals surface area contributed by atoms with Gasteiger partial charge in [0.25, 0.3) is 0 Å². The molecule has 2 aliphatic heterocycles. The minimum Gasteiger partial charge on any atom is -0.378 e. The van der Waals surface area contributed by atoms with Crippen LogP contribution in [0.4, 0.5) is 17.2 Å². The molecular weight excluding hydrogens is 442 g/mol. The lowest BCUT2D eigenvalue weighted by molar-refractivity contribution is 0.122. The average molecular weight is 476 g/mol. The largest absolute Gasteiger partial charge is 0.378 e. The number of anilines is 3. The zero-order valence-corrected chi connectivity index (χ0v) is 21.1. The van der Waals surface area contributed by atoms with Crippen LogP contribution in [0.2, 0.25) is 0 Å².